The van der Waals surface area contributed by atoms with Gasteiger partial charge in [-0.3, -0.25) is 9.10 Å². The number of anilines is 1. The third kappa shape index (κ3) is 4.51. The predicted octanol–water partition coefficient (Wildman–Crippen LogP) is 2.63. The molecule has 1 fully saturated rings. The first-order valence-electron chi connectivity index (χ1n) is 10.4. The lowest BCUT2D eigenvalue weighted by atomic mass is 10.2. The van der Waals surface area contributed by atoms with E-state index in [1.165, 1.54) is 22.5 Å². The zero-order chi connectivity index (χ0) is 22.0. The number of piperazine rings is 1. The number of carbonyl (C=O) groups excluding carboxylic acids is 1. The Morgan fingerprint density at radius 2 is 1.81 bits per heavy atom. The van der Waals surface area contributed by atoms with E-state index in [1.54, 1.807) is 4.90 Å². The Bertz CT molecular complexity index is 1070. The lowest BCUT2D eigenvalue weighted by Crippen LogP contribution is -2.49. The molecule has 0 radical (unpaired) electrons. The smallest absolute Gasteiger partial charge is 0.264 e. The molecule has 1 saturated heterocycles. The first-order valence-corrected chi connectivity index (χ1v) is 12.2. The summed E-state index contributed by atoms with van der Waals surface area (Å²) < 4.78 is 33.3. The number of amides is 1. The van der Waals surface area contributed by atoms with Crippen LogP contribution in [0.15, 0.2) is 47.4 Å². The van der Waals surface area contributed by atoms with E-state index in [4.69, 9.17) is 16.3 Å². The molecule has 2 aliphatic heterocycles. The summed E-state index contributed by atoms with van der Waals surface area (Å²) in [6.07, 6.45) is 0.680. The molecule has 0 atom stereocenters. The summed E-state index contributed by atoms with van der Waals surface area (Å²) in [5, 5.41) is 0.164. The second-order valence-electron chi connectivity index (χ2n) is 7.65. The number of hydrogen-bond acceptors (Lipinski definition) is 5. The number of nitrogens with zero attached hydrogens (tertiary/aromatic N) is 3. The molecule has 1 amide bonds. The van der Waals surface area contributed by atoms with Crippen LogP contribution in [0.5, 0.6) is 5.75 Å². The average Bonchev–Trinajstić information content (AvgIpc) is 3.23. The van der Waals surface area contributed by atoms with Gasteiger partial charge in [0, 0.05) is 32.7 Å². The largest absolute Gasteiger partial charge is 0.482 e. The zero-order valence-electron chi connectivity index (χ0n) is 17.5. The molecule has 2 heterocycles. The van der Waals surface area contributed by atoms with Gasteiger partial charge in [0.25, 0.3) is 15.9 Å². The third-order valence-corrected chi connectivity index (χ3v) is 7.96. The molecule has 0 unspecified atom stereocenters. The van der Waals surface area contributed by atoms with E-state index < -0.39 is 10.0 Å². The molecule has 31 heavy (non-hydrogen) atoms. The molecule has 0 aliphatic carbocycles. The molecular weight excluding hydrogens is 438 g/mol. The van der Waals surface area contributed by atoms with Crippen LogP contribution in [0.25, 0.3) is 0 Å². The van der Waals surface area contributed by atoms with E-state index in [2.05, 4.69) is 11.8 Å². The summed E-state index contributed by atoms with van der Waals surface area (Å²) in [6.45, 7) is 6.43. The number of hydrogen-bond donors (Lipinski definition) is 0. The van der Waals surface area contributed by atoms with Crippen molar-refractivity contribution in [3.05, 3.63) is 53.1 Å². The Hall–Kier alpha value is -2.29. The van der Waals surface area contributed by atoms with Crippen molar-refractivity contribution in [2.75, 3.05) is 50.2 Å². The number of rotatable bonds is 6. The molecule has 2 aliphatic rings. The van der Waals surface area contributed by atoms with Gasteiger partial charge in [-0.2, -0.15) is 0 Å². The van der Waals surface area contributed by atoms with Crippen LogP contribution in [0.1, 0.15) is 12.5 Å². The highest BCUT2D eigenvalue weighted by Gasteiger charge is 2.31. The van der Waals surface area contributed by atoms with Gasteiger partial charge in [0.2, 0.25) is 0 Å². The number of sulfonamides is 1. The molecule has 4 rings (SSSR count). The number of halogens is 1. The van der Waals surface area contributed by atoms with Crippen LogP contribution in [-0.4, -0.2) is 70.0 Å². The van der Waals surface area contributed by atoms with E-state index >= 15 is 0 Å². The maximum atomic E-state index is 13.1. The summed E-state index contributed by atoms with van der Waals surface area (Å²) in [7, 11) is -3.73. The summed E-state index contributed by atoms with van der Waals surface area (Å²) in [6, 6.07) is 11.9. The van der Waals surface area contributed by atoms with Gasteiger partial charge in [0.05, 0.1) is 15.6 Å². The topological polar surface area (TPSA) is 70.2 Å². The minimum atomic E-state index is -3.73. The van der Waals surface area contributed by atoms with Crippen molar-refractivity contribution in [1.82, 2.24) is 9.80 Å². The van der Waals surface area contributed by atoms with Crippen molar-refractivity contribution in [2.24, 2.45) is 0 Å². The van der Waals surface area contributed by atoms with E-state index in [0.29, 0.717) is 37.5 Å². The lowest BCUT2D eigenvalue weighted by molar-refractivity contribution is -0.135. The van der Waals surface area contributed by atoms with E-state index in [1.807, 2.05) is 24.3 Å². The molecule has 0 spiro atoms. The zero-order valence-corrected chi connectivity index (χ0v) is 19.0. The van der Waals surface area contributed by atoms with Crippen molar-refractivity contribution in [3.63, 3.8) is 0 Å². The van der Waals surface area contributed by atoms with Crippen molar-refractivity contribution in [2.45, 2.75) is 18.2 Å². The minimum Gasteiger partial charge on any atom is -0.482 e. The number of benzene rings is 2. The van der Waals surface area contributed by atoms with Crippen LogP contribution in [-0.2, 0) is 21.2 Å². The number of fused-ring (bicyclic) bond motifs is 1. The second-order valence-corrected chi connectivity index (χ2v) is 9.92. The van der Waals surface area contributed by atoms with Crippen LogP contribution >= 0.6 is 11.6 Å². The Morgan fingerprint density at radius 3 is 2.52 bits per heavy atom. The maximum Gasteiger partial charge on any atom is 0.264 e. The summed E-state index contributed by atoms with van der Waals surface area (Å²) >= 11 is 6.31. The normalized spacial score (nSPS) is 17.0. The van der Waals surface area contributed by atoms with Gasteiger partial charge in [-0.25, -0.2) is 8.42 Å². The fraction of sp³-hybridized carbons (Fsp3) is 0.409. The number of para-hydroxylation sites is 1. The fourth-order valence-electron chi connectivity index (χ4n) is 3.99. The number of carbonyl (C=O) groups is 1. The molecule has 0 saturated carbocycles. The number of ether oxygens (including phenoxy) is 1. The average molecular weight is 464 g/mol. The lowest BCUT2D eigenvalue weighted by Gasteiger charge is -2.33. The van der Waals surface area contributed by atoms with Gasteiger partial charge in [0.15, 0.2) is 6.61 Å². The molecule has 7 nitrogen and oxygen atoms in total. The molecular formula is C22H26ClN3O4S. The molecule has 166 valence electrons. The van der Waals surface area contributed by atoms with Crippen LogP contribution in [0, 0.1) is 0 Å². The van der Waals surface area contributed by atoms with Gasteiger partial charge in [-0.15, -0.1) is 0 Å². The Balaban J connectivity index is 1.42. The van der Waals surface area contributed by atoms with Crippen molar-refractivity contribution in [1.29, 1.82) is 0 Å². The maximum absolute atomic E-state index is 13.1. The predicted molar refractivity (Wildman–Crippen MR) is 120 cm³/mol. The SMILES string of the molecule is CCN1CCN(C(=O)COc2ccc(S(=O)(=O)N3CCc4ccccc43)cc2Cl)CC1. The van der Waals surface area contributed by atoms with Gasteiger partial charge < -0.3 is 14.5 Å². The van der Waals surface area contributed by atoms with Gasteiger partial charge >= 0.3 is 0 Å². The molecule has 0 N–H and O–H groups in total. The minimum absolute atomic E-state index is 0.0998. The van der Waals surface area contributed by atoms with E-state index in [9.17, 15) is 13.2 Å². The molecule has 2 aromatic rings. The third-order valence-electron chi connectivity index (χ3n) is 5.86. The quantitative estimate of drug-likeness (QED) is 0.658. The van der Waals surface area contributed by atoms with Gasteiger partial charge in [0.1, 0.15) is 5.75 Å². The molecule has 0 aromatic heterocycles. The van der Waals surface area contributed by atoms with Crippen molar-refractivity contribution < 1.29 is 17.9 Å². The highest BCUT2D eigenvalue weighted by molar-refractivity contribution is 7.92. The summed E-state index contributed by atoms with van der Waals surface area (Å²) in [4.78, 5) is 16.6. The first kappa shape index (κ1) is 21.9. The fourth-order valence-corrected chi connectivity index (χ4v) is 5.82. The van der Waals surface area contributed by atoms with Gasteiger partial charge in [-0.1, -0.05) is 36.7 Å². The highest BCUT2D eigenvalue weighted by atomic mass is 35.5. The molecule has 9 heteroatoms. The number of likely N-dealkylation sites (N-methyl/N-ethyl adjacent to an activating group) is 1. The Morgan fingerprint density at radius 1 is 1.06 bits per heavy atom. The van der Waals surface area contributed by atoms with E-state index in [-0.39, 0.29) is 22.4 Å². The van der Waals surface area contributed by atoms with E-state index in [0.717, 1.165) is 25.2 Å². The highest BCUT2D eigenvalue weighted by Crippen LogP contribution is 2.35. The van der Waals surface area contributed by atoms with Gasteiger partial charge in [-0.05, 0) is 42.8 Å². The summed E-state index contributed by atoms with van der Waals surface area (Å²) in [5.74, 6) is 0.195. The monoisotopic (exact) mass is 463 g/mol. The molecule has 2 aromatic carbocycles. The standard InChI is InChI=1S/C22H26ClN3O4S/c1-2-24-11-13-25(14-12-24)22(27)16-30-21-8-7-18(15-19(21)23)31(28,29)26-10-9-17-5-3-4-6-20(17)26/h3-8,15H,2,9-14,16H2,1H3. The van der Waals surface area contributed by atoms with Crippen LogP contribution in [0.2, 0.25) is 5.02 Å². The van der Waals surface area contributed by atoms with Crippen molar-refractivity contribution >= 4 is 33.2 Å². The second kappa shape index (κ2) is 9.06. The van der Waals surface area contributed by atoms with Crippen molar-refractivity contribution in [3.8, 4) is 5.75 Å². The molecule has 0 bridgehead atoms. The Labute approximate surface area is 188 Å². The summed E-state index contributed by atoms with van der Waals surface area (Å²) in [5.41, 5.74) is 1.71. The van der Waals surface area contributed by atoms with Crippen LogP contribution < -0.4 is 9.04 Å². The van der Waals surface area contributed by atoms with Crippen LogP contribution in [0.4, 0.5) is 5.69 Å². The van der Waals surface area contributed by atoms with Crippen LogP contribution in [0.3, 0.4) is 0 Å². The Kier molecular flexibility index (Phi) is 6.41. The first-order chi connectivity index (χ1) is 14.9.